The van der Waals surface area contributed by atoms with Crippen molar-refractivity contribution in [3.63, 3.8) is 0 Å². The van der Waals surface area contributed by atoms with E-state index in [1.165, 1.54) is 28.7 Å². The van der Waals surface area contributed by atoms with Gasteiger partial charge in [0, 0.05) is 0 Å². The Morgan fingerprint density at radius 2 is 0.571 bits per heavy atom. The third kappa shape index (κ3) is 3.92. The van der Waals surface area contributed by atoms with Gasteiger partial charge in [-0.25, -0.2) is 0 Å². The van der Waals surface area contributed by atoms with E-state index in [9.17, 15) is 0 Å². The van der Waals surface area contributed by atoms with E-state index in [1.54, 1.807) is 0 Å². The average molecular weight is 365 g/mol. The Morgan fingerprint density at radius 1 is 0.393 bits per heavy atom. The summed E-state index contributed by atoms with van der Waals surface area (Å²) in [6.45, 7) is 4.25. The Morgan fingerprint density at radius 3 is 0.750 bits per heavy atom. The quantitative estimate of drug-likeness (QED) is 0.329. The van der Waals surface area contributed by atoms with E-state index in [4.69, 9.17) is 0 Å². The molecule has 0 atom stereocenters. The Labute approximate surface area is 169 Å². The number of benzene rings is 4. The molecule has 4 aromatic rings. The second kappa shape index (κ2) is 9.71. The lowest BCUT2D eigenvalue weighted by Crippen LogP contribution is -2.30. The van der Waals surface area contributed by atoms with Gasteiger partial charge in [-0.2, -0.15) is 0 Å². The molecule has 0 fully saturated rings. The maximum absolute atomic E-state index is 2.23. The molecule has 0 spiro atoms. The molecule has 0 radical (unpaired) electrons. The van der Waals surface area contributed by atoms with Gasteiger partial charge < -0.3 is 0 Å². The molecule has 0 heterocycles. The molecule has 0 aliphatic heterocycles. The SMILES string of the molecule is CCC.c1ccc(C(c2ccccc2)(c2ccccc2)c2ccccc2)cc1. The second-order valence-corrected chi connectivity index (χ2v) is 6.92. The maximum Gasteiger partial charge on any atom is 0.0701 e. The van der Waals surface area contributed by atoms with Crippen LogP contribution in [0, 0.1) is 0 Å². The van der Waals surface area contributed by atoms with E-state index in [1.807, 2.05) is 0 Å². The third-order valence-corrected chi connectivity index (χ3v) is 4.83. The zero-order chi connectivity index (χ0) is 19.7. The van der Waals surface area contributed by atoms with Crippen LogP contribution in [0.4, 0.5) is 0 Å². The fourth-order valence-corrected chi connectivity index (χ4v) is 3.75. The van der Waals surface area contributed by atoms with E-state index in [0.29, 0.717) is 0 Å². The predicted molar refractivity (Wildman–Crippen MR) is 121 cm³/mol. The molecule has 0 aromatic heterocycles. The Balaban J connectivity index is 0.000000706. The van der Waals surface area contributed by atoms with Gasteiger partial charge in [-0.15, -0.1) is 0 Å². The van der Waals surface area contributed by atoms with Gasteiger partial charge in [-0.1, -0.05) is 142 Å². The highest BCUT2D eigenvalue weighted by atomic mass is 14.4. The molecule has 0 N–H and O–H groups in total. The predicted octanol–water partition coefficient (Wildman–Crippen LogP) is 7.49. The molecule has 0 aliphatic carbocycles. The zero-order valence-electron chi connectivity index (χ0n) is 16.8. The molecule has 0 bridgehead atoms. The lowest BCUT2D eigenvalue weighted by Gasteiger charge is -2.36. The Hall–Kier alpha value is -3.12. The zero-order valence-corrected chi connectivity index (χ0v) is 16.8. The molecule has 0 amide bonds. The van der Waals surface area contributed by atoms with Gasteiger partial charge in [0.15, 0.2) is 0 Å². The molecule has 0 nitrogen and oxygen atoms in total. The molecule has 140 valence electrons. The highest BCUT2D eigenvalue weighted by Crippen LogP contribution is 2.44. The summed E-state index contributed by atoms with van der Waals surface area (Å²) in [6.07, 6.45) is 1.25. The minimum atomic E-state index is -0.328. The summed E-state index contributed by atoms with van der Waals surface area (Å²) in [7, 11) is 0. The van der Waals surface area contributed by atoms with Gasteiger partial charge >= 0.3 is 0 Å². The van der Waals surface area contributed by atoms with E-state index in [2.05, 4.69) is 135 Å². The van der Waals surface area contributed by atoms with E-state index >= 15 is 0 Å². The van der Waals surface area contributed by atoms with Crippen molar-refractivity contribution in [1.82, 2.24) is 0 Å². The normalized spacial score (nSPS) is 10.6. The van der Waals surface area contributed by atoms with Crippen molar-refractivity contribution in [2.24, 2.45) is 0 Å². The standard InChI is InChI=1S/C25H20.C3H8/c1-5-13-21(14-6-1)25(22-15-7-2-8-16-22,23-17-9-3-10-18-23)24-19-11-4-12-20-24;1-3-2/h1-20H;3H2,1-2H3. The summed E-state index contributed by atoms with van der Waals surface area (Å²) >= 11 is 0. The molecule has 0 saturated carbocycles. The molecule has 0 unspecified atom stereocenters. The van der Waals surface area contributed by atoms with Gasteiger partial charge in [0.1, 0.15) is 0 Å². The van der Waals surface area contributed by atoms with Crippen LogP contribution in [0.2, 0.25) is 0 Å². The van der Waals surface area contributed by atoms with Crippen molar-refractivity contribution >= 4 is 0 Å². The summed E-state index contributed by atoms with van der Waals surface area (Å²) in [5, 5.41) is 0. The van der Waals surface area contributed by atoms with E-state index < -0.39 is 0 Å². The smallest absolute Gasteiger partial charge is 0.0656 e. The third-order valence-electron chi connectivity index (χ3n) is 4.83. The Kier molecular flexibility index (Phi) is 6.81. The topological polar surface area (TPSA) is 0 Å². The molecular formula is C28H28. The largest absolute Gasteiger partial charge is 0.0701 e. The monoisotopic (exact) mass is 364 g/mol. The van der Waals surface area contributed by atoms with Crippen molar-refractivity contribution in [3.8, 4) is 0 Å². The molecule has 4 rings (SSSR count). The van der Waals surface area contributed by atoms with Crippen LogP contribution >= 0.6 is 0 Å². The first-order chi connectivity index (χ1) is 13.8. The first kappa shape index (κ1) is 19.6. The van der Waals surface area contributed by atoms with E-state index in [-0.39, 0.29) is 5.41 Å². The van der Waals surface area contributed by atoms with Crippen LogP contribution in [0.15, 0.2) is 121 Å². The van der Waals surface area contributed by atoms with Crippen LogP contribution in [0.25, 0.3) is 0 Å². The summed E-state index contributed by atoms with van der Waals surface area (Å²) in [4.78, 5) is 0. The summed E-state index contributed by atoms with van der Waals surface area (Å²) < 4.78 is 0. The molecular weight excluding hydrogens is 336 g/mol. The fourth-order valence-electron chi connectivity index (χ4n) is 3.75. The summed E-state index contributed by atoms with van der Waals surface area (Å²) in [5.74, 6) is 0. The van der Waals surface area contributed by atoms with Crippen molar-refractivity contribution in [3.05, 3.63) is 144 Å². The first-order valence-electron chi connectivity index (χ1n) is 10.1. The molecule has 0 saturated heterocycles. The lowest BCUT2D eigenvalue weighted by molar-refractivity contribution is 0.745. The Bertz CT molecular complexity index is 763. The number of hydrogen-bond acceptors (Lipinski definition) is 0. The molecule has 28 heavy (non-hydrogen) atoms. The van der Waals surface area contributed by atoms with Crippen LogP contribution in [0.3, 0.4) is 0 Å². The van der Waals surface area contributed by atoms with Crippen molar-refractivity contribution in [2.75, 3.05) is 0 Å². The van der Waals surface area contributed by atoms with Gasteiger partial charge in [0.05, 0.1) is 5.41 Å². The van der Waals surface area contributed by atoms with Crippen molar-refractivity contribution < 1.29 is 0 Å². The second-order valence-electron chi connectivity index (χ2n) is 6.92. The van der Waals surface area contributed by atoms with Gasteiger partial charge in [0.2, 0.25) is 0 Å². The van der Waals surface area contributed by atoms with Crippen LogP contribution in [-0.2, 0) is 5.41 Å². The highest BCUT2D eigenvalue weighted by molar-refractivity contribution is 5.59. The van der Waals surface area contributed by atoms with Gasteiger partial charge in [-0.3, -0.25) is 0 Å². The van der Waals surface area contributed by atoms with Crippen molar-refractivity contribution in [2.45, 2.75) is 25.7 Å². The fraction of sp³-hybridized carbons (Fsp3) is 0.143. The van der Waals surface area contributed by atoms with Crippen molar-refractivity contribution in [1.29, 1.82) is 0 Å². The first-order valence-corrected chi connectivity index (χ1v) is 10.1. The van der Waals surface area contributed by atoms with Crippen LogP contribution < -0.4 is 0 Å². The van der Waals surface area contributed by atoms with Crippen LogP contribution in [0.5, 0.6) is 0 Å². The van der Waals surface area contributed by atoms with E-state index in [0.717, 1.165) is 0 Å². The summed E-state index contributed by atoms with van der Waals surface area (Å²) in [6, 6.07) is 43.1. The van der Waals surface area contributed by atoms with Gasteiger partial charge in [-0.05, 0) is 22.3 Å². The van der Waals surface area contributed by atoms with Crippen LogP contribution in [-0.4, -0.2) is 0 Å². The minimum Gasteiger partial charge on any atom is -0.0656 e. The maximum atomic E-state index is 2.23. The molecule has 4 aromatic carbocycles. The lowest BCUT2D eigenvalue weighted by atomic mass is 9.65. The average Bonchev–Trinajstić information content (AvgIpc) is 2.78. The molecule has 0 heteroatoms. The highest BCUT2D eigenvalue weighted by Gasteiger charge is 2.37. The molecule has 0 aliphatic rings. The number of rotatable bonds is 4. The van der Waals surface area contributed by atoms with Gasteiger partial charge in [0.25, 0.3) is 0 Å². The van der Waals surface area contributed by atoms with Crippen LogP contribution in [0.1, 0.15) is 42.5 Å². The minimum absolute atomic E-state index is 0.328. The summed E-state index contributed by atoms with van der Waals surface area (Å²) in [5.41, 5.74) is 4.78. The number of hydrogen-bond donors (Lipinski definition) is 0.